The fraction of sp³-hybridized carbons (Fsp3) is 0.889. The summed E-state index contributed by atoms with van der Waals surface area (Å²) in [6.07, 6.45) is 5.10. The normalized spacial score (nSPS) is 22.3. The number of carbonyl (C=O) groups excluding carboxylic acids is 2. The van der Waals surface area contributed by atoms with E-state index in [2.05, 4.69) is 19.2 Å². The molecule has 1 spiro atoms. The van der Waals surface area contributed by atoms with E-state index in [4.69, 9.17) is 9.53 Å². The minimum absolute atomic E-state index is 0.0417. The summed E-state index contributed by atoms with van der Waals surface area (Å²) >= 11 is 0. The highest BCUT2D eigenvalue weighted by Gasteiger charge is 2.44. The van der Waals surface area contributed by atoms with Crippen molar-refractivity contribution in [3.63, 3.8) is 0 Å². The maximum Gasteiger partial charge on any atom is 0.209 e. The standard InChI is InChI=1S/C7H12N2O.C5H12O.C5H10.CH2O/c10-6-9-4-7(5-9)1-2-8-3-7;1-5(2,3)6-4;1-5(2)3-4-5;1-2/h6,8H,1-5H2;1-4H3;3-4H2,1-2H3;1H2. The molecule has 136 valence electrons. The van der Waals surface area contributed by atoms with Crippen molar-refractivity contribution in [3.8, 4) is 0 Å². The van der Waals surface area contributed by atoms with Crippen molar-refractivity contribution >= 4 is 13.2 Å². The van der Waals surface area contributed by atoms with Crippen LogP contribution in [0.15, 0.2) is 0 Å². The molecule has 0 aromatic carbocycles. The Hall–Kier alpha value is -0.940. The highest BCUT2D eigenvalue weighted by Crippen LogP contribution is 2.43. The predicted molar refractivity (Wildman–Crippen MR) is 94.5 cm³/mol. The first kappa shape index (κ1) is 22.1. The molecule has 2 saturated heterocycles. The fourth-order valence-corrected chi connectivity index (χ4v) is 2.21. The molecule has 0 aromatic rings. The number of likely N-dealkylation sites (tertiary alicyclic amines) is 1. The third-order valence-corrected chi connectivity index (χ3v) is 4.42. The van der Waals surface area contributed by atoms with Crippen molar-refractivity contribution in [2.75, 3.05) is 33.3 Å². The summed E-state index contributed by atoms with van der Waals surface area (Å²) in [5.74, 6) is 0. The summed E-state index contributed by atoms with van der Waals surface area (Å²) in [5, 5.41) is 3.32. The summed E-state index contributed by atoms with van der Waals surface area (Å²) in [5.41, 5.74) is 1.26. The van der Waals surface area contributed by atoms with Crippen molar-refractivity contribution in [2.45, 2.75) is 59.5 Å². The molecule has 2 heterocycles. The van der Waals surface area contributed by atoms with Gasteiger partial charge >= 0.3 is 0 Å². The lowest BCUT2D eigenvalue weighted by Crippen LogP contribution is -2.56. The molecular formula is C18H36N2O3. The van der Waals surface area contributed by atoms with Crippen LogP contribution in [-0.2, 0) is 14.3 Å². The van der Waals surface area contributed by atoms with Crippen LogP contribution >= 0.6 is 0 Å². The number of nitrogens with zero attached hydrogens (tertiary/aromatic N) is 1. The van der Waals surface area contributed by atoms with Crippen LogP contribution in [0.25, 0.3) is 0 Å². The van der Waals surface area contributed by atoms with E-state index >= 15 is 0 Å². The SMILES string of the molecule is C=O.CC1(C)CC1.COC(C)(C)C.O=CN1CC2(CCNC2)C1. The molecule has 1 aliphatic carbocycles. The second kappa shape index (κ2) is 9.38. The molecule has 1 N–H and O–H groups in total. The van der Waals surface area contributed by atoms with Crippen molar-refractivity contribution in [1.29, 1.82) is 0 Å². The third kappa shape index (κ3) is 9.72. The lowest BCUT2D eigenvalue weighted by molar-refractivity contribution is -0.128. The van der Waals surface area contributed by atoms with Gasteiger partial charge in [-0.25, -0.2) is 0 Å². The molecule has 5 heteroatoms. The van der Waals surface area contributed by atoms with E-state index < -0.39 is 0 Å². The molecule has 3 rings (SSSR count). The van der Waals surface area contributed by atoms with Gasteiger partial charge in [-0.15, -0.1) is 0 Å². The second-order valence-corrected chi connectivity index (χ2v) is 8.42. The van der Waals surface area contributed by atoms with Gasteiger partial charge in [0.05, 0.1) is 5.60 Å². The number of hydrogen-bond donors (Lipinski definition) is 1. The molecule has 1 amide bonds. The molecule has 0 radical (unpaired) electrons. The number of methoxy groups -OCH3 is 1. The van der Waals surface area contributed by atoms with Gasteiger partial charge in [0, 0.05) is 32.2 Å². The van der Waals surface area contributed by atoms with E-state index in [1.807, 2.05) is 32.5 Å². The molecule has 23 heavy (non-hydrogen) atoms. The lowest BCUT2D eigenvalue weighted by Gasteiger charge is -2.45. The Kier molecular flexibility index (Phi) is 9.00. The Morgan fingerprint density at radius 3 is 1.78 bits per heavy atom. The van der Waals surface area contributed by atoms with Crippen molar-refractivity contribution in [2.24, 2.45) is 10.8 Å². The Labute approximate surface area is 142 Å². The van der Waals surface area contributed by atoms with Gasteiger partial charge in [-0.05, 0) is 52.0 Å². The van der Waals surface area contributed by atoms with E-state index in [9.17, 15) is 4.79 Å². The summed E-state index contributed by atoms with van der Waals surface area (Å²) < 4.78 is 4.94. The second-order valence-electron chi connectivity index (χ2n) is 8.42. The number of rotatable bonds is 1. The molecular weight excluding hydrogens is 292 g/mol. The third-order valence-electron chi connectivity index (χ3n) is 4.42. The van der Waals surface area contributed by atoms with Crippen LogP contribution < -0.4 is 5.32 Å². The number of nitrogens with one attached hydrogen (secondary N) is 1. The van der Waals surface area contributed by atoms with Gasteiger partial charge in [-0.1, -0.05) is 13.8 Å². The van der Waals surface area contributed by atoms with E-state index in [0.717, 1.165) is 38.0 Å². The molecule has 3 fully saturated rings. The van der Waals surface area contributed by atoms with Crippen LogP contribution in [0.1, 0.15) is 53.9 Å². The van der Waals surface area contributed by atoms with Crippen LogP contribution in [0.5, 0.6) is 0 Å². The first-order chi connectivity index (χ1) is 10.6. The molecule has 1 saturated carbocycles. The van der Waals surface area contributed by atoms with Gasteiger partial charge < -0.3 is 19.7 Å². The minimum Gasteiger partial charge on any atom is -0.379 e. The van der Waals surface area contributed by atoms with Gasteiger partial charge in [0.1, 0.15) is 6.79 Å². The number of ether oxygens (including phenoxy) is 1. The Balaban J connectivity index is 0.000000322. The zero-order chi connectivity index (χ0) is 18.1. The molecule has 0 bridgehead atoms. The fourth-order valence-electron chi connectivity index (χ4n) is 2.21. The van der Waals surface area contributed by atoms with Crippen molar-refractivity contribution < 1.29 is 14.3 Å². The van der Waals surface area contributed by atoms with Gasteiger partial charge in [0.15, 0.2) is 0 Å². The van der Waals surface area contributed by atoms with Crippen LogP contribution in [0.2, 0.25) is 0 Å². The van der Waals surface area contributed by atoms with Crippen molar-refractivity contribution in [1.82, 2.24) is 10.2 Å². The highest BCUT2D eigenvalue weighted by molar-refractivity contribution is 5.49. The first-order valence-corrected chi connectivity index (χ1v) is 8.36. The molecule has 5 nitrogen and oxygen atoms in total. The predicted octanol–water partition coefficient (Wildman–Crippen LogP) is 2.49. The Morgan fingerprint density at radius 2 is 1.57 bits per heavy atom. The van der Waals surface area contributed by atoms with E-state index in [1.165, 1.54) is 19.3 Å². The average molecular weight is 328 g/mol. The minimum atomic E-state index is 0.0417. The number of carbonyl (C=O) groups is 2. The topological polar surface area (TPSA) is 58.6 Å². The molecule has 0 atom stereocenters. The van der Waals surface area contributed by atoms with E-state index in [-0.39, 0.29) is 5.60 Å². The summed E-state index contributed by atoms with van der Waals surface area (Å²) in [6.45, 7) is 16.9. The quantitative estimate of drug-likeness (QED) is 0.751. The van der Waals surface area contributed by atoms with Gasteiger partial charge in [-0.3, -0.25) is 4.79 Å². The van der Waals surface area contributed by atoms with Gasteiger partial charge in [0.25, 0.3) is 0 Å². The Bertz CT molecular complexity index is 331. The first-order valence-electron chi connectivity index (χ1n) is 8.36. The van der Waals surface area contributed by atoms with Gasteiger partial charge in [-0.2, -0.15) is 0 Å². The largest absolute Gasteiger partial charge is 0.379 e. The van der Waals surface area contributed by atoms with E-state index in [0.29, 0.717) is 5.41 Å². The molecule has 0 aromatic heterocycles. The van der Waals surface area contributed by atoms with E-state index in [1.54, 1.807) is 7.11 Å². The average Bonchev–Trinajstić information content (AvgIpc) is 2.96. The van der Waals surface area contributed by atoms with Crippen LogP contribution in [-0.4, -0.2) is 57.0 Å². The lowest BCUT2D eigenvalue weighted by atomic mass is 9.80. The summed E-state index contributed by atoms with van der Waals surface area (Å²) in [4.78, 5) is 20.1. The summed E-state index contributed by atoms with van der Waals surface area (Å²) in [7, 11) is 1.71. The smallest absolute Gasteiger partial charge is 0.209 e. The maximum absolute atomic E-state index is 10.2. The maximum atomic E-state index is 10.2. The zero-order valence-corrected chi connectivity index (χ0v) is 15.9. The monoisotopic (exact) mass is 328 g/mol. The van der Waals surface area contributed by atoms with Crippen LogP contribution in [0.4, 0.5) is 0 Å². The van der Waals surface area contributed by atoms with Crippen LogP contribution in [0, 0.1) is 10.8 Å². The summed E-state index contributed by atoms with van der Waals surface area (Å²) in [6, 6.07) is 0. The molecule has 0 unspecified atom stereocenters. The Morgan fingerprint density at radius 1 is 1.13 bits per heavy atom. The molecule has 2 aliphatic heterocycles. The zero-order valence-electron chi connectivity index (χ0n) is 15.9. The number of hydrogen-bond acceptors (Lipinski definition) is 4. The van der Waals surface area contributed by atoms with Crippen molar-refractivity contribution in [3.05, 3.63) is 0 Å². The van der Waals surface area contributed by atoms with Gasteiger partial charge in [0.2, 0.25) is 6.41 Å². The molecule has 3 aliphatic rings. The number of amides is 1. The highest BCUT2D eigenvalue weighted by atomic mass is 16.5. The van der Waals surface area contributed by atoms with Crippen LogP contribution in [0.3, 0.4) is 0 Å².